The van der Waals surface area contributed by atoms with Crippen LogP contribution in [-0.4, -0.2) is 30.5 Å². The molecule has 5 nitrogen and oxygen atoms in total. The zero-order valence-corrected chi connectivity index (χ0v) is 11.0. The molecule has 0 unspecified atom stereocenters. The van der Waals surface area contributed by atoms with Gasteiger partial charge in [-0.3, -0.25) is 4.68 Å². The normalized spacial score (nSPS) is 11.9. The monoisotopic (exact) mass is 265 g/mol. The van der Waals surface area contributed by atoms with E-state index in [-0.39, 0.29) is 5.75 Å². The highest BCUT2D eigenvalue weighted by Gasteiger charge is 2.06. The van der Waals surface area contributed by atoms with Crippen molar-refractivity contribution in [2.24, 2.45) is 0 Å². The van der Waals surface area contributed by atoms with Crippen LogP contribution in [0, 0.1) is 6.92 Å². The van der Waals surface area contributed by atoms with E-state index in [1.807, 2.05) is 6.92 Å². The number of aryl methyl sites for hydroxylation is 1. The number of rotatable bonds is 6. The average Bonchev–Trinajstić information content (AvgIpc) is 2.56. The van der Waals surface area contributed by atoms with E-state index >= 15 is 0 Å². The number of hydrogen-bond donors (Lipinski definition) is 1. The van der Waals surface area contributed by atoms with Crippen molar-refractivity contribution in [2.75, 3.05) is 12.3 Å². The summed E-state index contributed by atoms with van der Waals surface area (Å²) >= 11 is 5.84. The first-order chi connectivity index (χ1) is 7.46. The quantitative estimate of drug-likeness (QED) is 0.786. The fraction of sp³-hybridized carbons (Fsp3) is 0.667. The van der Waals surface area contributed by atoms with Gasteiger partial charge in [-0.1, -0.05) is 11.6 Å². The van der Waals surface area contributed by atoms with E-state index in [1.165, 1.54) is 0 Å². The third kappa shape index (κ3) is 3.77. The Hall–Kier alpha value is -0.590. The molecule has 0 aliphatic rings. The minimum absolute atomic E-state index is 0.111. The summed E-state index contributed by atoms with van der Waals surface area (Å²) in [6.45, 7) is 4.57. The molecule has 0 radical (unpaired) electrons. The highest BCUT2D eigenvalue weighted by molar-refractivity contribution is 7.89. The van der Waals surface area contributed by atoms with Gasteiger partial charge in [0, 0.05) is 13.1 Å². The third-order valence-corrected chi connectivity index (χ3v) is 4.07. The van der Waals surface area contributed by atoms with Crippen molar-refractivity contribution in [3.8, 4) is 0 Å². The Labute approximate surface area is 101 Å². The van der Waals surface area contributed by atoms with Crippen LogP contribution >= 0.6 is 11.6 Å². The van der Waals surface area contributed by atoms with Gasteiger partial charge < -0.3 is 0 Å². The van der Waals surface area contributed by atoms with Crippen LogP contribution in [0.3, 0.4) is 0 Å². The maximum atomic E-state index is 11.1. The molecule has 1 N–H and O–H groups in total. The second-order valence-corrected chi connectivity index (χ2v) is 5.96. The Morgan fingerprint density at radius 1 is 1.56 bits per heavy atom. The van der Waals surface area contributed by atoms with Crippen LogP contribution in [0.15, 0.2) is 6.20 Å². The molecule has 7 heteroatoms. The zero-order chi connectivity index (χ0) is 12.2. The number of hydrogen-bond acceptors (Lipinski definition) is 3. The largest absolute Gasteiger partial charge is 0.268 e. The van der Waals surface area contributed by atoms with Crippen LogP contribution in [0.5, 0.6) is 0 Å². The highest BCUT2D eigenvalue weighted by Crippen LogP contribution is 2.13. The molecule has 0 aliphatic carbocycles. The van der Waals surface area contributed by atoms with Gasteiger partial charge in [-0.05, 0) is 20.3 Å². The molecular weight excluding hydrogens is 250 g/mol. The summed E-state index contributed by atoms with van der Waals surface area (Å²) in [5.74, 6) is 0.111. The van der Waals surface area contributed by atoms with Crippen LogP contribution in [0.25, 0.3) is 0 Å². The van der Waals surface area contributed by atoms with Gasteiger partial charge in [0.25, 0.3) is 0 Å². The van der Waals surface area contributed by atoms with Crippen LogP contribution < -0.4 is 4.72 Å². The number of halogens is 1. The Kier molecular flexibility index (Phi) is 4.76. The smallest absolute Gasteiger partial charge is 0.211 e. The first kappa shape index (κ1) is 13.5. The SMILES string of the molecule is CCS(=O)(=O)NCCCn1ncc(Cl)c1C. The molecule has 1 aromatic heterocycles. The number of nitrogens with zero attached hydrogens (tertiary/aromatic N) is 2. The number of sulfonamides is 1. The molecule has 1 heterocycles. The summed E-state index contributed by atoms with van der Waals surface area (Å²) in [4.78, 5) is 0. The molecule has 0 bridgehead atoms. The molecule has 0 atom stereocenters. The Balaban J connectivity index is 2.34. The molecule has 1 aromatic rings. The molecule has 0 aliphatic heterocycles. The second kappa shape index (κ2) is 5.65. The van der Waals surface area contributed by atoms with E-state index in [0.29, 0.717) is 24.5 Å². The lowest BCUT2D eigenvalue weighted by atomic mass is 10.4. The Morgan fingerprint density at radius 3 is 2.75 bits per heavy atom. The van der Waals surface area contributed by atoms with Crippen LogP contribution in [-0.2, 0) is 16.6 Å². The van der Waals surface area contributed by atoms with Gasteiger partial charge in [0.15, 0.2) is 0 Å². The summed E-state index contributed by atoms with van der Waals surface area (Å²) in [6, 6.07) is 0. The first-order valence-corrected chi connectivity index (χ1v) is 7.14. The second-order valence-electron chi connectivity index (χ2n) is 3.45. The van der Waals surface area contributed by atoms with Crippen molar-refractivity contribution in [1.82, 2.24) is 14.5 Å². The molecule has 1 rings (SSSR count). The van der Waals surface area contributed by atoms with Gasteiger partial charge in [0.05, 0.1) is 22.7 Å². The van der Waals surface area contributed by atoms with Crippen molar-refractivity contribution in [2.45, 2.75) is 26.8 Å². The van der Waals surface area contributed by atoms with E-state index in [2.05, 4.69) is 9.82 Å². The van der Waals surface area contributed by atoms with Gasteiger partial charge in [-0.2, -0.15) is 5.10 Å². The lowest BCUT2D eigenvalue weighted by Crippen LogP contribution is -2.27. The van der Waals surface area contributed by atoms with Gasteiger partial charge >= 0.3 is 0 Å². The maximum Gasteiger partial charge on any atom is 0.211 e. The summed E-state index contributed by atoms with van der Waals surface area (Å²) in [5, 5.41) is 4.71. The summed E-state index contributed by atoms with van der Waals surface area (Å²) in [5.41, 5.74) is 0.903. The van der Waals surface area contributed by atoms with E-state index in [9.17, 15) is 8.42 Å². The predicted molar refractivity (Wildman–Crippen MR) is 64.1 cm³/mol. The standard InChI is InChI=1S/C9H16ClN3O2S/c1-3-16(14,15)12-5-4-6-13-8(2)9(10)7-11-13/h7,12H,3-6H2,1-2H3. The molecule has 0 spiro atoms. The fourth-order valence-electron chi connectivity index (χ4n) is 1.21. The minimum Gasteiger partial charge on any atom is -0.268 e. The van der Waals surface area contributed by atoms with E-state index in [4.69, 9.17) is 11.6 Å². The van der Waals surface area contributed by atoms with Crippen molar-refractivity contribution in [1.29, 1.82) is 0 Å². The van der Waals surface area contributed by atoms with Gasteiger partial charge in [0.2, 0.25) is 10.0 Å². The Bertz CT molecular complexity index is 442. The average molecular weight is 266 g/mol. The van der Waals surface area contributed by atoms with Crippen LogP contribution in [0.2, 0.25) is 5.02 Å². The summed E-state index contributed by atoms with van der Waals surface area (Å²) < 4.78 is 26.5. The maximum absolute atomic E-state index is 11.1. The van der Waals surface area contributed by atoms with Crippen LogP contribution in [0.4, 0.5) is 0 Å². The van der Waals surface area contributed by atoms with Gasteiger partial charge in [-0.25, -0.2) is 13.1 Å². The molecule has 0 aromatic carbocycles. The van der Waals surface area contributed by atoms with E-state index in [0.717, 1.165) is 5.69 Å². The lowest BCUT2D eigenvalue weighted by Gasteiger charge is -2.06. The van der Waals surface area contributed by atoms with Crippen molar-refractivity contribution in [3.05, 3.63) is 16.9 Å². The highest BCUT2D eigenvalue weighted by atomic mass is 35.5. The third-order valence-electron chi connectivity index (χ3n) is 2.29. The topological polar surface area (TPSA) is 64.0 Å². The molecule has 0 saturated carbocycles. The van der Waals surface area contributed by atoms with E-state index < -0.39 is 10.0 Å². The number of nitrogens with one attached hydrogen (secondary N) is 1. The van der Waals surface area contributed by atoms with E-state index in [1.54, 1.807) is 17.8 Å². The lowest BCUT2D eigenvalue weighted by molar-refractivity contribution is 0.546. The number of aromatic nitrogens is 2. The van der Waals surface area contributed by atoms with Crippen molar-refractivity contribution in [3.63, 3.8) is 0 Å². The van der Waals surface area contributed by atoms with Crippen molar-refractivity contribution >= 4 is 21.6 Å². The summed E-state index contributed by atoms with van der Waals surface area (Å²) in [7, 11) is -3.08. The zero-order valence-electron chi connectivity index (χ0n) is 9.40. The van der Waals surface area contributed by atoms with Gasteiger partial charge in [0.1, 0.15) is 0 Å². The van der Waals surface area contributed by atoms with Crippen LogP contribution in [0.1, 0.15) is 19.0 Å². The molecule has 92 valence electrons. The summed E-state index contributed by atoms with van der Waals surface area (Å²) in [6.07, 6.45) is 2.28. The predicted octanol–water partition coefficient (Wildman–Crippen LogP) is 1.17. The molecule has 0 amide bonds. The Morgan fingerprint density at radius 2 is 2.25 bits per heavy atom. The molecule has 0 fully saturated rings. The molecule has 0 saturated heterocycles. The molecule has 16 heavy (non-hydrogen) atoms. The first-order valence-electron chi connectivity index (χ1n) is 5.11. The fourth-order valence-corrected chi connectivity index (χ4v) is 2.01. The van der Waals surface area contributed by atoms with Gasteiger partial charge in [-0.15, -0.1) is 0 Å². The van der Waals surface area contributed by atoms with Crippen molar-refractivity contribution < 1.29 is 8.42 Å². The molecular formula is C9H16ClN3O2S. The minimum atomic E-state index is -3.08.